The van der Waals surface area contributed by atoms with Crippen LogP contribution in [0.2, 0.25) is 0 Å². The average Bonchev–Trinajstić information content (AvgIpc) is 3.20. The Hall–Kier alpha value is -3.39. The van der Waals surface area contributed by atoms with Gasteiger partial charge in [-0.15, -0.1) is 0 Å². The van der Waals surface area contributed by atoms with E-state index >= 15 is 0 Å². The highest BCUT2D eigenvalue weighted by atomic mass is 16.7. The summed E-state index contributed by atoms with van der Waals surface area (Å²) in [4.78, 5) is 28.2. The molecule has 2 aliphatic heterocycles. The van der Waals surface area contributed by atoms with Crippen LogP contribution < -0.4 is 10.6 Å². The second-order valence-electron chi connectivity index (χ2n) is 6.80. The Balaban J connectivity index is 1.57. The van der Waals surface area contributed by atoms with Crippen molar-refractivity contribution in [1.82, 2.24) is 10.6 Å². The van der Waals surface area contributed by atoms with Gasteiger partial charge in [-0.3, -0.25) is 9.59 Å². The number of amides is 2. The maximum Gasteiger partial charge on any atom is 0.251 e. The van der Waals surface area contributed by atoms with E-state index in [2.05, 4.69) is 20.7 Å². The van der Waals surface area contributed by atoms with Gasteiger partial charge >= 0.3 is 0 Å². The molecule has 2 amide bonds. The van der Waals surface area contributed by atoms with Crippen LogP contribution in [0.3, 0.4) is 0 Å². The Bertz CT molecular complexity index is 865. The zero-order valence-corrected chi connectivity index (χ0v) is 15.3. The van der Waals surface area contributed by atoms with E-state index in [1.807, 2.05) is 12.1 Å². The number of hydrogen-bond donors (Lipinski definition) is 2. The highest BCUT2D eigenvalue weighted by molar-refractivity contribution is 5.95. The van der Waals surface area contributed by atoms with Crippen molar-refractivity contribution in [1.29, 1.82) is 0 Å². The van der Waals surface area contributed by atoms with Crippen LogP contribution in [0.4, 0.5) is 0 Å². The molecule has 2 N–H and O–H groups in total. The Kier molecular flexibility index (Phi) is 5.44. The molecule has 0 radical (unpaired) electrons. The lowest BCUT2D eigenvalue weighted by Gasteiger charge is -2.39. The summed E-state index contributed by atoms with van der Waals surface area (Å²) < 4.78 is 11.5. The van der Waals surface area contributed by atoms with Crippen LogP contribution in [-0.4, -0.2) is 48.9 Å². The molecule has 2 bridgehead atoms. The van der Waals surface area contributed by atoms with Gasteiger partial charge in [0.25, 0.3) is 11.8 Å². The second-order valence-corrected chi connectivity index (χ2v) is 6.80. The first kappa shape index (κ1) is 18.9. The van der Waals surface area contributed by atoms with Crippen molar-refractivity contribution in [2.24, 2.45) is 5.11 Å². The number of nitrogens with one attached hydrogen (secondary N) is 2. The van der Waals surface area contributed by atoms with Gasteiger partial charge in [0.1, 0.15) is 6.10 Å². The summed E-state index contributed by atoms with van der Waals surface area (Å²) in [5.74, 6) is -0.671. The van der Waals surface area contributed by atoms with Crippen LogP contribution >= 0.6 is 0 Å². The maximum atomic E-state index is 12.7. The van der Waals surface area contributed by atoms with Crippen molar-refractivity contribution in [3.05, 3.63) is 82.2 Å². The summed E-state index contributed by atoms with van der Waals surface area (Å²) in [6, 6.07) is 15.2. The molecule has 0 unspecified atom stereocenters. The zero-order valence-electron chi connectivity index (χ0n) is 15.3. The Morgan fingerprint density at radius 2 is 1.48 bits per heavy atom. The van der Waals surface area contributed by atoms with Crippen LogP contribution in [0.25, 0.3) is 10.4 Å². The molecule has 4 rings (SSSR count). The minimum absolute atomic E-state index is 0.222. The largest absolute Gasteiger partial charge is 0.348 e. The van der Waals surface area contributed by atoms with Crippen molar-refractivity contribution in [2.45, 2.75) is 30.5 Å². The van der Waals surface area contributed by atoms with Gasteiger partial charge in [0, 0.05) is 16.0 Å². The van der Waals surface area contributed by atoms with Crippen molar-refractivity contribution >= 4 is 11.8 Å². The molecule has 0 aliphatic carbocycles. The van der Waals surface area contributed by atoms with Gasteiger partial charge in [-0.1, -0.05) is 41.5 Å². The molecular weight excluding hydrogens is 374 g/mol. The van der Waals surface area contributed by atoms with Gasteiger partial charge in [0.05, 0.1) is 24.7 Å². The SMILES string of the molecule is [N-]=[N+]=N[C@@H]1[C@@H](NC(=O)c2ccccc2)[C@@H]2OC[C@@H](O2)[C@H]1NC(=O)c1ccccc1. The van der Waals surface area contributed by atoms with Crippen LogP contribution in [-0.2, 0) is 9.47 Å². The molecule has 5 atom stereocenters. The number of fused-ring (bicyclic) bond motifs is 2. The molecule has 0 saturated carbocycles. The summed E-state index contributed by atoms with van der Waals surface area (Å²) in [6.45, 7) is 0.222. The number of azide groups is 1. The molecular formula is C20H19N5O4. The fourth-order valence-corrected chi connectivity index (χ4v) is 3.60. The highest BCUT2D eigenvalue weighted by Crippen LogP contribution is 2.30. The number of carbonyl (C=O) groups is 2. The number of carbonyl (C=O) groups excluding carboxylic acids is 2. The summed E-state index contributed by atoms with van der Waals surface area (Å²) in [5, 5.41) is 9.59. The molecule has 2 aromatic carbocycles. The van der Waals surface area contributed by atoms with E-state index in [4.69, 9.17) is 15.0 Å². The van der Waals surface area contributed by atoms with E-state index in [1.165, 1.54) is 0 Å². The van der Waals surface area contributed by atoms with Gasteiger partial charge in [0.15, 0.2) is 6.29 Å². The van der Waals surface area contributed by atoms with Crippen LogP contribution in [0, 0.1) is 0 Å². The minimum Gasteiger partial charge on any atom is -0.348 e. The molecule has 2 saturated heterocycles. The smallest absolute Gasteiger partial charge is 0.251 e. The number of nitrogens with zero attached hydrogens (tertiary/aromatic N) is 3. The predicted molar refractivity (Wildman–Crippen MR) is 103 cm³/mol. The first-order chi connectivity index (χ1) is 14.2. The molecule has 29 heavy (non-hydrogen) atoms. The van der Waals surface area contributed by atoms with E-state index < -0.39 is 30.5 Å². The van der Waals surface area contributed by atoms with Gasteiger partial charge in [-0.05, 0) is 29.8 Å². The van der Waals surface area contributed by atoms with Crippen molar-refractivity contribution in [3.8, 4) is 0 Å². The Labute approximate surface area is 166 Å². The maximum absolute atomic E-state index is 12.7. The number of hydrogen-bond acceptors (Lipinski definition) is 5. The first-order valence-electron chi connectivity index (χ1n) is 9.20. The molecule has 0 spiro atoms. The lowest BCUT2D eigenvalue weighted by Crippen LogP contribution is -2.64. The average molecular weight is 393 g/mol. The normalized spacial score (nSPS) is 27.5. The quantitative estimate of drug-likeness (QED) is 0.458. The molecule has 0 aromatic heterocycles. The second kappa shape index (κ2) is 8.32. The van der Waals surface area contributed by atoms with E-state index in [1.54, 1.807) is 48.5 Å². The predicted octanol–water partition coefficient (Wildman–Crippen LogP) is 2.02. The summed E-state index contributed by atoms with van der Waals surface area (Å²) in [7, 11) is 0. The first-order valence-corrected chi connectivity index (χ1v) is 9.20. The lowest BCUT2D eigenvalue weighted by atomic mass is 9.93. The Morgan fingerprint density at radius 1 is 0.931 bits per heavy atom. The zero-order chi connectivity index (χ0) is 20.2. The Morgan fingerprint density at radius 3 is 2.03 bits per heavy atom. The van der Waals surface area contributed by atoms with E-state index in [0.717, 1.165) is 0 Å². The molecule has 148 valence electrons. The third-order valence-corrected chi connectivity index (χ3v) is 5.02. The third-order valence-electron chi connectivity index (χ3n) is 5.02. The van der Waals surface area contributed by atoms with Gasteiger partial charge in [0.2, 0.25) is 0 Å². The van der Waals surface area contributed by atoms with E-state index in [9.17, 15) is 9.59 Å². The monoisotopic (exact) mass is 393 g/mol. The van der Waals surface area contributed by atoms with Crippen LogP contribution in [0.1, 0.15) is 20.7 Å². The standard InChI is InChI=1S/C20H19N5O4/c21-25-24-16-15(22-18(26)12-7-3-1-4-8-12)14-11-28-20(29-14)17(16)23-19(27)13-9-5-2-6-10-13/h1-10,14-17,20H,11H2,(H,22,26)(H,23,27)/t14-,15-,16+,17-,20-/m1/s1. The fraction of sp³-hybridized carbons (Fsp3) is 0.300. The topological polar surface area (TPSA) is 125 Å². The van der Waals surface area contributed by atoms with E-state index in [0.29, 0.717) is 11.1 Å². The molecule has 2 aliphatic rings. The minimum atomic E-state index is -0.772. The third kappa shape index (κ3) is 3.93. The molecule has 9 heteroatoms. The van der Waals surface area contributed by atoms with E-state index in [-0.39, 0.29) is 18.4 Å². The fourth-order valence-electron chi connectivity index (χ4n) is 3.60. The number of benzene rings is 2. The van der Waals surface area contributed by atoms with Gasteiger partial charge in [-0.2, -0.15) is 0 Å². The van der Waals surface area contributed by atoms with Crippen molar-refractivity contribution in [3.63, 3.8) is 0 Å². The summed E-state index contributed by atoms with van der Waals surface area (Å²) >= 11 is 0. The van der Waals surface area contributed by atoms with Crippen molar-refractivity contribution < 1.29 is 19.1 Å². The number of ether oxygens (including phenoxy) is 2. The molecule has 9 nitrogen and oxygen atoms in total. The van der Waals surface area contributed by atoms with Gasteiger partial charge < -0.3 is 20.1 Å². The number of rotatable bonds is 5. The lowest BCUT2D eigenvalue weighted by molar-refractivity contribution is -0.114. The molecule has 2 fully saturated rings. The summed E-state index contributed by atoms with van der Waals surface area (Å²) in [6.07, 6.45) is -1.24. The van der Waals surface area contributed by atoms with Gasteiger partial charge in [-0.25, -0.2) is 0 Å². The molecule has 2 aromatic rings. The highest BCUT2D eigenvalue weighted by Gasteiger charge is 2.51. The van der Waals surface area contributed by atoms with Crippen molar-refractivity contribution in [2.75, 3.05) is 6.61 Å². The summed E-state index contributed by atoms with van der Waals surface area (Å²) in [5.41, 5.74) is 10.0. The molecule has 2 heterocycles. The van der Waals surface area contributed by atoms with Crippen LogP contribution in [0.15, 0.2) is 65.8 Å². The van der Waals surface area contributed by atoms with Crippen LogP contribution in [0.5, 0.6) is 0 Å².